The van der Waals surface area contributed by atoms with E-state index >= 15 is 0 Å². The summed E-state index contributed by atoms with van der Waals surface area (Å²) >= 11 is 0. The zero-order chi connectivity index (χ0) is 28.7. The number of urea groups is 1. The average Bonchev–Trinajstić information content (AvgIpc) is 2.93. The first-order valence-corrected chi connectivity index (χ1v) is 15.4. The van der Waals surface area contributed by atoms with Crippen LogP contribution in [0, 0.1) is 17.2 Å². The summed E-state index contributed by atoms with van der Waals surface area (Å²) in [5, 5.41) is 11.2. The Morgan fingerprint density at radius 3 is 2.52 bits per heavy atom. The molecule has 2 aromatic rings. The molecule has 0 radical (unpaired) electrons. The lowest BCUT2D eigenvalue weighted by molar-refractivity contribution is -0.145. The summed E-state index contributed by atoms with van der Waals surface area (Å²) < 4.78 is 26.4. The van der Waals surface area contributed by atoms with Gasteiger partial charge < -0.3 is 15.1 Å². The Morgan fingerprint density at radius 1 is 1.12 bits per heavy atom. The Labute approximate surface area is 235 Å². The topological polar surface area (TPSA) is 144 Å². The van der Waals surface area contributed by atoms with Crippen molar-refractivity contribution >= 4 is 27.9 Å². The van der Waals surface area contributed by atoms with E-state index in [1.54, 1.807) is 18.2 Å². The molecule has 4 rings (SSSR count). The zero-order valence-electron chi connectivity index (χ0n) is 22.9. The first-order chi connectivity index (χ1) is 19.1. The van der Waals surface area contributed by atoms with Gasteiger partial charge in [-0.1, -0.05) is 48.5 Å². The van der Waals surface area contributed by atoms with Crippen LogP contribution in [0.4, 0.5) is 4.79 Å². The highest BCUT2D eigenvalue weighted by molar-refractivity contribution is 7.88. The predicted molar refractivity (Wildman–Crippen MR) is 152 cm³/mol. The average molecular weight is 571 g/mol. The molecule has 2 atom stereocenters. The molecule has 2 saturated heterocycles. The fourth-order valence-electron chi connectivity index (χ4n) is 5.41. The van der Waals surface area contributed by atoms with Gasteiger partial charge in [-0.15, -0.1) is 0 Å². The first kappa shape index (κ1) is 29.5. The van der Waals surface area contributed by atoms with Gasteiger partial charge in [0.1, 0.15) is 0 Å². The maximum Gasteiger partial charge on any atom is 0.329 e. The number of amides is 2. The Bertz CT molecular complexity index is 1300. The minimum absolute atomic E-state index is 0.0968. The van der Waals surface area contributed by atoms with E-state index < -0.39 is 22.0 Å². The van der Waals surface area contributed by atoms with Gasteiger partial charge in [0.2, 0.25) is 10.0 Å². The van der Waals surface area contributed by atoms with E-state index in [9.17, 15) is 18.0 Å². The van der Waals surface area contributed by atoms with Crippen molar-refractivity contribution in [1.82, 2.24) is 25.3 Å². The molecule has 2 aliphatic rings. The Balaban J connectivity index is 1.51. The van der Waals surface area contributed by atoms with E-state index in [1.165, 1.54) is 12.5 Å². The number of hydrogen-bond acceptors (Lipinski definition) is 7. The minimum Gasteiger partial charge on any atom is -0.342 e. The van der Waals surface area contributed by atoms with Crippen LogP contribution in [-0.2, 0) is 26.2 Å². The summed E-state index contributed by atoms with van der Waals surface area (Å²) in [6.07, 6.45) is 3.02. The summed E-state index contributed by atoms with van der Waals surface area (Å²) in [5.74, 6) is -0.608. The second kappa shape index (κ2) is 13.2. The standard InChI is InChI=1S/C28H38N6O5S/c1-20(35)39-32-27(29)24-10-6-9-23(15-24)26-25(17-31-40(2,37)38)16-30-28(36)34(26)19-22-11-13-33(14-12-22)18-21-7-4-3-5-8-21/h3-10,15,22,25-26,31H,11-14,16-19H2,1-2H3,(H2,29,32)(H,30,36). The molecule has 11 nitrogen and oxygen atoms in total. The molecule has 4 N–H and O–H groups in total. The normalized spacial score (nSPS) is 20.6. The van der Waals surface area contributed by atoms with E-state index in [0.717, 1.165) is 44.3 Å². The monoisotopic (exact) mass is 570 g/mol. The van der Waals surface area contributed by atoms with Crippen molar-refractivity contribution in [1.29, 1.82) is 5.41 Å². The summed E-state index contributed by atoms with van der Waals surface area (Å²) in [6.45, 7) is 5.02. The van der Waals surface area contributed by atoms with Gasteiger partial charge in [0.05, 0.1) is 12.3 Å². The number of benzene rings is 2. The number of rotatable bonds is 9. The van der Waals surface area contributed by atoms with Crippen molar-refractivity contribution in [2.75, 3.05) is 39.0 Å². The lowest BCUT2D eigenvalue weighted by Crippen LogP contribution is -2.56. The molecule has 0 bridgehead atoms. The highest BCUT2D eigenvalue weighted by Gasteiger charge is 2.38. The Morgan fingerprint density at radius 2 is 1.85 bits per heavy atom. The van der Waals surface area contributed by atoms with Crippen LogP contribution in [0.1, 0.15) is 42.5 Å². The molecule has 2 unspecified atom stereocenters. The predicted octanol–water partition coefficient (Wildman–Crippen LogP) is 2.22. The van der Waals surface area contributed by atoms with Crippen LogP contribution in [0.25, 0.3) is 0 Å². The number of carbonyl (C=O) groups is 2. The van der Waals surface area contributed by atoms with Crippen molar-refractivity contribution in [3.63, 3.8) is 0 Å². The van der Waals surface area contributed by atoms with E-state index in [4.69, 9.17) is 10.2 Å². The highest BCUT2D eigenvalue weighted by Crippen LogP contribution is 2.34. The number of hydroxylamine groups is 1. The number of hydrogen-bond donors (Lipinski definition) is 4. The van der Waals surface area contributed by atoms with Crippen LogP contribution in [0.5, 0.6) is 0 Å². The van der Waals surface area contributed by atoms with Crippen LogP contribution < -0.4 is 15.5 Å². The zero-order valence-corrected chi connectivity index (χ0v) is 23.7. The van der Waals surface area contributed by atoms with E-state index in [0.29, 0.717) is 24.6 Å². The third-order valence-corrected chi connectivity index (χ3v) is 8.08. The van der Waals surface area contributed by atoms with Crippen molar-refractivity contribution in [2.24, 2.45) is 11.8 Å². The van der Waals surface area contributed by atoms with Gasteiger partial charge >= 0.3 is 12.0 Å². The van der Waals surface area contributed by atoms with Crippen molar-refractivity contribution in [3.8, 4) is 0 Å². The number of nitrogens with zero attached hydrogens (tertiary/aromatic N) is 2. The molecular formula is C28H38N6O5S. The molecule has 40 heavy (non-hydrogen) atoms. The highest BCUT2D eigenvalue weighted by atomic mass is 32.2. The van der Waals surface area contributed by atoms with Crippen LogP contribution >= 0.6 is 0 Å². The molecular weight excluding hydrogens is 532 g/mol. The molecule has 2 aliphatic heterocycles. The number of piperidine rings is 1. The number of carbonyl (C=O) groups excluding carboxylic acids is 2. The number of sulfonamides is 1. The third kappa shape index (κ3) is 8.26. The first-order valence-electron chi connectivity index (χ1n) is 13.5. The largest absolute Gasteiger partial charge is 0.342 e. The number of nitrogens with one attached hydrogen (secondary N) is 4. The molecule has 0 spiro atoms. The van der Waals surface area contributed by atoms with Gasteiger partial charge in [0.25, 0.3) is 0 Å². The number of amidine groups is 1. The fraction of sp³-hybridized carbons (Fsp3) is 0.464. The van der Waals surface area contributed by atoms with Crippen LogP contribution in [-0.4, -0.2) is 75.0 Å². The Hall–Kier alpha value is -3.48. The maximum atomic E-state index is 13.3. The molecule has 2 fully saturated rings. The smallest absolute Gasteiger partial charge is 0.329 e. The molecule has 2 heterocycles. The van der Waals surface area contributed by atoms with Gasteiger partial charge in [-0.3, -0.25) is 15.1 Å². The van der Waals surface area contributed by atoms with Crippen molar-refractivity contribution in [3.05, 3.63) is 71.3 Å². The van der Waals surface area contributed by atoms with Gasteiger partial charge in [-0.25, -0.2) is 23.4 Å². The van der Waals surface area contributed by atoms with Crippen molar-refractivity contribution in [2.45, 2.75) is 32.4 Å². The minimum atomic E-state index is -3.44. The molecule has 12 heteroatoms. The summed E-state index contributed by atoms with van der Waals surface area (Å²) in [4.78, 5) is 33.4. The molecule has 0 saturated carbocycles. The maximum absolute atomic E-state index is 13.3. The van der Waals surface area contributed by atoms with Gasteiger partial charge in [0.15, 0.2) is 5.84 Å². The lowest BCUT2D eigenvalue weighted by atomic mass is 9.87. The number of likely N-dealkylation sites (tertiary alicyclic amines) is 1. The van der Waals surface area contributed by atoms with Gasteiger partial charge in [-0.05, 0) is 49.0 Å². The summed E-state index contributed by atoms with van der Waals surface area (Å²) in [5.41, 5.74) is 4.88. The molecule has 0 aliphatic carbocycles. The third-order valence-electron chi connectivity index (χ3n) is 7.39. The van der Waals surface area contributed by atoms with Gasteiger partial charge in [-0.2, -0.15) is 0 Å². The van der Waals surface area contributed by atoms with E-state index in [2.05, 4.69) is 44.7 Å². The van der Waals surface area contributed by atoms with Crippen LogP contribution in [0.15, 0.2) is 54.6 Å². The van der Waals surface area contributed by atoms with Crippen LogP contribution in [0.3, 0.4) is 0 Å². The second-order valence-electron chi connectivity index (χ2n) is 10.6. The van der Waals surface area contributed by atoms with E-state index in [1.807, 2.05) is 17.0 Å². The molecule has 216 valence electrons. The molecule has 2 amide bonds. The molecule has 2 aromatic carbocycles. The quantitative estimate of drug-likeness (QED) is 0.206. The Kier molecular flexibility index (Phi) is 9.77. The van der Waals surface area contributed by atoms with Crippen LogP contribution in [0.2, 0.25) is 0 Å². The fourth-order valence-corrected chi connectivity index (χ4v) is 5.93. The van der Waals surface area contributed by atoms with Gasteiger partial charge in [0, 0.05) is 44.6 Å². The van der Waals surface area contributed by atoms with Crippen molar-refractivity contribution < 1.29 is 22.8 Å². The summed E-state index contributed by atoms with van der Waals surface area (Å²) in [7, 11) is -3.44. The van der Waals surface area contributed by atoms with E-state index in [-0.39, 0.29) is 24.3 Å². The molecule has 0 aromatic heterocycles. The summed E-state index contributed by atoms with van der Waals surface area (Å²) in [6, 6.07) is 16.9. The SMILES string of the molecule is CC(=O)ONC(=N)c1cccc(C2C(CNS(C)(=O)=O)CNC(=O)N2CC2CCN(Cc3ccccc3)CC2)c1. The second-order valence-corrected chi connectivity index (χ2v) is 12.4. The lowest BCUT2D eigenvalue weighted by Gasteiger charge is -2.44.